The Balaban J connectivity index is 1.76. The Kier molecular flexibility index (Phi) is 7.63. The van der Waals surface area contributed by atoms with Crippen LogP contribution < -0.4 is 5.32 Å². The van der Waals surface area contributed by atoms with E-state index in [1.54, 1.807) is 0 Å². The van der Waals surface area contributed by atoms with E-state index in [1.165, 1.54) is 22.3 Å². The Morgan fingerprint density at radius 3 is 2.57 bits per heavy atom. The van der Waals surface area contributed by atoms with Gasteiger partial charge in [-0.15, -0.1) is 0 Å². The summed E-state index contributed by atoms with van der Waals surface area (Å²) >= 11 is 5.90. The molecule has 0 fully saturated rings. The first-order valence-corrected chi connectivity index (χ1v) is 11.0. The quantitative estimate of drug-likeness (QED) is 0.459. The second kappa shape index (κ2) is 10.4. The van der Waals surface area contributed by atoms with Crippen molar-refractivity contribution in [1.29, 1.82) is 0 Å². The number of hydrogen-bond donors (Lipinski definition) is 1. The molecule has 3 aromatic rings. The number of rotatable bonds is 8. The van der Waals surface area contributed by atoms with Crippen molar-refractivity contribution in [2.24, 2.45) is 0 Å². The Hall–Kier alpha value is -2.66. The maximum absolute atomic E-state index is 5.90. The minimum atomic E-state index is 0.432. The van der Waals surface area contributed by atoms with Crippen molar-refractivity contribution in [3.8, 4) is 0 Å². The fourth-order valence-corrected chi connectivity index (χ4v) is 3.82. The standard InChI is InChI=1S/C25H32N4S/c1-19(2)23-8-5-7-21(4)24(23)27-25(30)29(15-6-14-28-16-13-26-18-28)17-22-11-9-20(3)10-12-22/h5,7-13,16,18-19H,6,14-15,17H2,1-4H3,(H,27,30). The Bertz CT molecular complexity index is 946. The van der Waals surface area contributed by atoms with Gasteiger partial charge < -0.3 is 14.8 Å². The van der Waals surface area contributed by atoms with E-state index >= 15 is 0 Å². The molecule has 4 nitrogen and oxygen atoms in total. The van der Waals surface area contributed by atoms with E-state index in [-0.39, 0.29) is 0 Å². The van der Waals surface area contributed by atoms with Gasteiger partial charge in [0.05, 0.1) is 6.33 Å². The number of aryl methyl sites for hydroxylation is 3. The van der Waals surface area contributed by atoms with E-state index in [0.717, 1.165) is 36.9 Å². The number of para-hydroxylation sites is 1. The highest BCUT2D eigenvalue weighted by Gasteiger charge is 2.15. The lowest BCUT2D eigenvalue weighted by molar-refractivity contribution is 0.396. The molecule has 0 aliphatic heterocycles. The molecule has 1 N–H and O–H groups in total. The van der Waals surface area contributed by atoms with Gasteiger partial charge in [0.15, 0.2) is 5.11 Å². The van der Waals surface area contributed by atoms with Crippen molar-refractivity contribution in [2.75, 3.05) is 11.9 Å². The molecule has 1 aromatic heterocycles. The van der Waals surface area contributed by atoms with Gasteiger partial charge in [0.25, 0.3) is 0 Å². The molecule has 158 valence electrons. The van der Waals surface area contributed by atoms with Crippen molar-refractivity contribution in [2.45, 2.75) is 53.1 Å². The number of aromatic nitrogens is 2. The first-order chi connectivity index (χ1) is 14.4. The molecule has 0 saturated carbocycles. The Labute approximate surface area is 186 Å². The van der Waals surface area contributed by atoms with Crippen LogP contribution in [0.1, 0.15) is 48.4 Å². The third-order valence-corrected chi connectivity index (χ3v) is 5.70. The fraction of sp³-hybridized carbons (Fsp3) is 0.360. The maximum atomic E-state index is 5.90. The topological polar surface area (TPSA) is 33.1 Å². The van der Waals surface area contributed by atoms with E-state index in [9.17, 15) is 0 Å². The van der Waals surface area contributed by atoms with Gasteiger partial charge in [-0.2, -0.15) is 0 Å². The molecule has 0 amide bonds. The van der Waals surface area contributed by atoms with Crippen LogP contribution in [0.25, 0.3) is 0 Å². The molecule has 3 rings (SSSR count). The summed E-state index contributed by atoms with van der Waals surface area (Å²) in [4.78, 5) is 6.41. The monoisotopic (exact) mass is 420 g/mol. The summed E-state index contributed by atoms with van der Waals surface area (Å²) in [5.41, 5.74) is 6.19. The third kappa shape index (κ3) is 5.92. The highest BCUT2D eigenvalue weighted by Crippen LogP contribution is 2.28. The van der Waals surface area contributed by atoms with Crippen LogP contribution >= 0.6 is 12.2 Å². The van der Waals surface area contributed by atoms with Crippen molar-refractivity contribution in [3.05, 3.63) is 83.4 Å². The van der Waals surface area contributed by atoms with Crippen LogP contribution in [0.2, 0.25) is 0 Å². The van der Waals surface area contributed by atoms with Crippen LogP contribution in [0.5, 0.6) is 0 Å². The summed E-state index contributed by atoms with van der Waals surface area (Å²) in [5.74, 6) is 0.432. The average molecular weight is 421 g/mol. The van der Waals surface area contributed by atoms with Crippen LogP contribution in [0, 0.1) is 13.8 Å². The van der Waals surface area contributed by atoms with Crippen LogP contribution in [-0.2, 0) is 13.1 Å². The van der Waals surface area contributed by atoms with Gasteiger partial charge in [-0.05, 0) is 55.1 Å². The first-order valence-electron chi connectivity index (χ1n) is 10.6. The molecule has 2 aromatic carbocycles. The van der Waals surface area contributed by atoms with Gasteiger partial charge in [-0.1, -0.05) is 61.9 Å². The SMILES string of the molecule is Cc1ccc(CN(CCCn2ccnc2)C(=S)Nc2c(C)cccc2C(C)C)cc1. The average Bonchev–Trinajstić information content (AvgIpc) is 3.23. The molecule has 0 unspecified atom stereocenters. The van der Waals surface area contributed by atoms with Crippen molar-refractivity contribution in [3.63, 3.8) is 0 Å². The van der Waals surface area contributed by atoms with Crippen LogP contribution in [0.15, 0.2) is 61.2 Å². The van der Waals surface area contributed by atoms with Crippen molar-refractivity contribution >= 4 is 23.0 Å². The number of nitrogens with one attached hydrogen (secondary N) is 1. The molecule has 5 heteroatoms. The second-order valence-electron chi connectivity index (χ2n) is 8.19. The van der Waals surface area contributed by atoms with E-state index in [4.69, 9.17) is 12.2 Å². The van der Waals surface area contributed by atoms with Gasteiger partial charge in [-0.3, -0.25) is 0 Å². The fourth-order valence-electron chi connectivity index (χ4n) is 3.56. The number of nitrogens with zero attached hydrogens (tertiary/aromatic N) is 3. The zero-order valence-electron chi connectivity index (χ0n) is 18.4. The van der Waals surface area contributed by atoms with Gasteiger partial charge >= 0.3 is 0 Å². The van der Waals surface area contributed by atoms with Crippen molar-refractivity contribution in [1.82, 2.24) is 14.5 Å². The summed E-state index contributed by atoms with van der Waals surface area (Å²) in [6, 6.07) is 15.1. The molecule has 0 aliphatic carbocycles. The Morgan fingerprint density at radius 2 is 1.90 bits per heavy atom. The normalized spacial score (nSPS) is 11.0. The molecule has 1 heterocycles. The summed E-state index contributed by atoms with van der Waals surface area (Å²) in [6.07, 6.45) is 6.68. The molecule has 0 atom stereocenters. The number of anilines is 1. The van der Waals surface area contributed by atoms with Crippen LogP contribution in [-0.4, -0.2) is 26.1 Å². The lowest BCUT2D eigenvalue weighted by Crippen LogP contribution is -2.36. The van der Waals surface area contributed by atoms with Crippen LogP contribution in [0.4, 0.5) is 5.69 Å². The van der Waals surface area contributed by atoms with E-state index in [0.29, 0.717) is 5.92 Å². The van der Waals surface area contributed by atoms with E-state index in [2.05, 4.69) is 89.9 Å². The zero-order valence-corrected chi connectivity index (χ0v) is 19.2. The highest BCUT2D eigenvalue weighted by atomic mass is 32.1. The molecule has 0 radical (unpaired) electrons. The van der Waals surface area contributed by atoms with E-state index < -0.39 is 0 Å². The van der Waals surface area contributed by atoms with Gasteiger partial charge in [0, 0.05) is 37.7 Å². The lowest BCUT2D eigenvalue weighted by Gasteiger charge is -2.28. The molecule has 0 spiro atoms. The van der Waals surface area contributed by atoms with Gasteiger partial charge in [-0.25, -0.2) is 4.98 Å². The molecular weight excluding hydrogens is 388 g/mol. The number of imidazole rings is 1. The molecule has 0 bridgehead atoms. The highest BCUT2D eigenvalue weighted by molar-refractivity contribution is 7.80. The smallest absolute Gasteiger partial charge is 0.173 e. The summed E-state index contributed by atoms with van der Waals surface area (Å²) in [6.45, 7) is 11.3. The third-order valence-electron chi connectivity index (χ3n) is 5.34. The molecular formula is C25H32N4S. The summed E-state index contributed by atoms with van der Waals surface area (Å²) in [5, 5.41) is 4.35. The predicted octanol–water partition coefficient (Wildman–Crippen LogP) is 5.91. The lowest BCUT2D eigenvalue weighted by atomic mass is 9.98. The second-order valence-corrected chi connectivity index (χ2v) is 8.57. The molecule has 30 heavy (non-hydrogen) atoms. The molecule has 0 aliphatic rings. The van der Waals surface area contributed by atoms with Crippen LogP contribution in [0.3, 0.4) is 0 Å². The summed E-state index contributed by atoms with van der Waals surface area (Å²) in [7, 11) is 0. The minimum absolute atomic E-state index is 0.432. The Morgan fingerprint density at radius 1 is 1.13 bits per heavy atom. The zero-order chi connectivity index (χ0) is 21.5. The first kappa shape index (κ1) is 22.0. The maximum Gasteiger partial charge on any atom is 0.173 e. The largest absolute Gasteiger partial charge is 0.345 e. The summed E-state index contributed by atoms with van der Waals surface area (Å²) < 4.78 is 2.11. The predicted molar refractivity (Wildman–Crippen MR) is 130 cm³/mol. The number of thiocarbonyl (C=S) groups is 1. The molecule has 0 saturated heterocycles. The van der Waals surface area contributed by atoms with Gasteiger partial charge in [0.2, 0.25) is 0 Å². The van der Waals surface area contributed by atoms with Crippen molar-refractivity contribution < 1.29 is 0 Å². The number of benzene rings is 2. The van der Waals surface area contributed by atoms with E-state index in [1.807, 2.05) is 18.7 Å². The minimum Gasteiger partial charge on any atom is -0.345 e. The number of hydrogen-bond acceptors (Lipinski definition) is 2. The van der Waals surface area contributed by atoms with Gasteiger partial charge in [0.1, 0.15) is 0 Å².